The van der Waals surface area contributed by atoms with Crippen LogP contribution < -0.4 is 16.0 Å². The number of nitrogens with zero attached hydrogens (tertiary/aromatic N) is 3. The topological polar surface area (TPSA) is 112 Å². The molecule has 1 unspecified atom stereocenters. The first-order valence-corrected chi connectivity index (χ1v) is 9.92. The van der Waals surface area contributed by atoms with E-state index in [9.17, 15) is 9.59 Å². The molecular weight excluding hydrogens is 487 g/mol. The Morgan fingerprint density at radius 1 is 1.34 bits per heavy atom. The van der Waals surface area contributed by atoms with Crippen LogP contribution in [0.5, 0.6) is 0 Å². The second-order valence-corrected chi connectivity index (χ2v) is 7.42. The molecule has 3 amide bonds. The fourth-order valence-electron chi connectivity index (χ4n) is 2.81. The van der Waals surface area contributed by atoms with Crippen LogP contribution in [0, 0.1) is 0 Å². The highest BCUT2D eigenvalue weighted by atomic mass is 127. The molecule has 29 heavy (non-hydrogen) atoms. The van der Waals surface area contributed by atoms with Gasteiger partial charge in [-0.25, -0.2) is 9.79 Å². The van der Waals surface area contributed by atoms with Gasteiger partial charge in [0, 0.05) is 25.7 Å². The largest absolute Gasteiger partial charge is 0.359 e. The Kier molecular flexibility index (Phi) is 9.87. The van der Waals surface area contributed by atoms with Crippen molar-refractivity contribution in [2.45, 2.75) is 65.5 Å². The molecule has 1 atom stereocenters. The van der Waals surface area contributed by atoms with Gasteiger partial charge in [0.15, 0.2) is 11.7 Å². The number of aromatic nitrogens is 1. The van der Waals surface area contributed by atoms with Gasteiger partial charge in [0.25, 0.3) is 5.91 Å². The van der Waals surface area contributed by atoms with Gasteiger partial charge in [-0.2, -0.15) is 0 Å². The summed E-state index contributed by atoms with van der Waals surface area (Å²) in [5, 5.41) is 13.2. The Morgan fingerprint density at radius 2 is 2.07 bits per heavy atom. The first-order valence-electron chi connectivity index (χ1n) is 9.92. The first kappa shape index (κ1) is 25.2. The van der Waals surface area contributed by atoms with E-state index in [-0.39, 0.29) is 35.9 Å². The molecule has 1 aromatic rings. The van der Waals surface area contributed by atoms with Crippen molar-refractivity contribution in [3.8, 4) is 0 Å². The molecule has 9 nitrogen and oxygen atoms in total. The number of hydrogen-bond donors (Lipinski definition) is 3. The fraction of sp³-hybridized carbons (Fsp3) is 0.684. The Hall–Kier alpha value is -1.85. The number of imide groups is 1. The van der Waals surface area contributed by atoms with Crippen LogP contribution in [0.2, 0.25) is 0 Å². The molecule has 1 saturated heterocycles. The predicted molar refractivity (Wildman–Crippen MR) is 122 cm³/mol. The smallest absolute Gasteiger partial charge is 0.325 e. The number of rotatable bonds is 9. The lowest BCUT2D eigenvalue weighted by Gasteiger charge is -2.19. The number of carbonyl (C=O) groups excluding carboxylic acids is 2. The van der Waals surface area contributed by atoms with Crippen molar-refractivity contribution in [2.24, 2.45) is 4.99 Å². The monoisotopic (exact) mass is 520 g/mol. The lowest BCUT2D eigenvalue weighted by atomic mass is 9.99. The van der Waals surface area contributed by atoms with E-state index in [1.807, 2.05) is 19.9 Å². The summed E-state index contributed by atoms with van der Waals surface area (Å²) < 4.78 is 5.30. The van der Waals surface area contributed by atoms with Crippen LogP contribution in [-0.2, 0) is 11.3 Å². The summed E-state index contributed by atoms with van der Waals surface area (Å²) in [6.07, 6.45) is 1.20. The molecule has 0 radical (unpaired) electrons. The van der Waals surface area contributed by atoms with Gasteiger partial charge in [-0.1, -0.05) is 25.9 Å². The number of nitrogens with one attached hydrogen (secondary N) is 3. The van der Waals surface area contributed by atoms with Gasteiger partial charge in [-0.15, -0.1) is 24.0 Å². The third-order valence-electron chi connectivity index (χ3n) is 4.81. The minimum Gasteiger partial charge on any atom is -0.359 e. The molecule has 0 bridgehead atoms. The summed E-state index contributed by atoms with van der Waals surface area (Å²) >= 11 is 0. The van der Waals surface area contributed by atoms with Crippen molar-refractivity contribution in [1.29, 1.82) is 0 Å². The Bertz CT molecular complexity index is 721. The van der Waals surface area contributed by atoms with Gasteiger partial charge in [-0.05, 0) is 32.6 Å². The lowest BCUT2D eigenvalue weighted by molar-refractivity contribution is -0.130. The summed E-state index contributed by atoms with van der Waals surface area (Å²) in [6, 6.07) is 1.60. The summed E-state index contributed by atoms with van der Waals surface area (Å²) in [4.78, 5) is 30.2. The van der Waals surface area contributed by atoms with Crippen molar-refractivity contribution in [1.82, 2.24) is 26.0 Å². The molecule has 0 aromatic carbocycles. The van der Waals surface area contributed by atoms with E-state index < -0.39 is 5.54 Å². The molecule has 10 heteroatoms. The zero-order chi connectivity index (χ0) is 20.7. The molecular formula is C19H33IN6O3. The number of hydrogen-bond acceptors (Lipinski definition) is 5. The van der Waals surface area contributed by atoms with Gasteiger partial charge < -0.3 is 20.5 Å². The number of carbonyl (C=O) groups is 2. The Labute approximate surface area is 189 Å². The number of aliphatic imine (C=N–C) groups is 1. The van der Waals surface area contributed by atoms with Crippen LogP contribution in [0.25, 0.3) is 0 Å². The van der Waals surface area contributed by atoms with Gasteiger partial charge in [0.2, 0.25) is 0 Å². The number of amides is 3. The lowest BCUT2D eigenvalue weighted by Crippen LogP contribution is -2.43. The van der Waals surface area contributed by atoms with E-state index in [1.165, 1.54) is 4.90 Å². The van der Waals surface area contributed by atoms with E-state index in [0.29, 0.717) is 50.1 Å². The molecule has 1 aliphatic heterocycles. The highest BCUT2D eigenvalue weighted by Crippen LogP contribution is 2.20. The maximum absolute atomic E-state index is 12.4. The third kappa shape index (κ3) is 6.58. The average molecular weight is 520 g/mol. The fourth-order valence-corrected chi connectivity index (χ4v) is 2.81. The van der Waals surface area contributed by atoms with Crippen LogP contribution in [0.4, 0.5) is 4.79 Å². The minimum absolute atomic E-state index is 0. The van der Waals surface area contributed by atoms with Crippen molar-refractivity contribution in [2.75, 3.05) is 19.6 Å². The Balaban J connectivity index is 0.00000420. The zero-order valence-corrected chi connectivity index (χ0v) is 20.2. The molecule has 164 valence electrons. The molecule has 0 aliphatic carbocycles. The van der Waals surface area contributed by atoms with Gasteiger partial charge in [0.05, 0.1) is 5.69 Å². The van der Waals surface area contributed by atoms with Crippen molar-refractivity contribution < 1.29 is 14.1 Å². The normalized spacial score (nSPS) is 19.4. The van der Waals surface area contributed by atoms with E-state index in [2.05, 4.69) is 39.9 Å². The van der Waals surface area contributed by atoms with Gasteiger partial charge in [-0.3, -0.25) is 9.69 Å². The molecule has 2 rings (SSSR count). The van der Waals surface area contributed by atoms with Crippen molar-refractivity contribution >= 4 is 41.9 Å². The number of halogens is 1. The first-order chi connectivity index (χ1) is 13.3. The standard InChI is InChI=1S/C19H32N6O3.HI/c1-6-19(5)16(26)25(18(27)23-19)10-8-9-21-17(20-7-2)22-12-14-11-15(13(3)4)24-28-14;/h11,13H,6-10,12H2,1-5H3,(H,23,27)(H2,20,21,22);1H. The van der Waals surface area contributed by atoms with E-state index in [4.69, 9.17) is 4.52 Å². The van der Waals surface area contributed by atoms with Gasteiger partial charge >= 0.3 is 6.03 Å². The van der Waals surface area contributed by atoms with E-state index in [1.54, 1.807) is 6.92 Å². The van der Waals surface area contributed by atoms with Crippen LogP contribution in [0.3, 0.4) is 0 Å². The number of urea groups is 1. The minimum atomic E-state index is -0.785. The second-order valence-electron chi connectivity index (χ2n) is 7.42. The second kappa shape index (κ2) is 11.4. The van der Waals surface area contributed by atoms with E-state index in [0.717, 1.165) is 12.2 Å². The summed E-state index contributed by atoms with van der Waals surface area (Å²) in [5.41, 5.74) is 0.128. The molecule has 0 spiro atoms. The summed E-state index contributed by atoms with van der Waals surface area (Å²) in [5.74, 6) is 1.51. The highest BCUT2D eigenvalue weighted by Gasteiger charge is 2.45. The zero-order valence-electron chi connectivity index (χ0n) is 17.9. The van der Waals surface area contributed by atoms with Crippen molar-refractivity contribution in [3.63, 3.8) is 0 Å². The van der Waals surface area contributed by atoms with E-state index >= 15 is 0 Å². The maximum Gasteiger partial charge on any atom is 0.325 e. The Morgan fingerprint density at radius 3 is 2.62 bits per heavy atom. The molecule has 1 aromatic heterocycles. The molecule has 0 saturated carbocycles. The summed E-state index contributed by atoms with van der Waals surface area (Å²) in [6.45, 7) is 11.8. The van der Waals surface area contributed by atoms with Crippen LogP contribution in [0.15, 0.2) is 15.6 Å². The maximum atomic E-state index is 12.4. The number of guanidine groups is 1. The average Bonchev–Trinajstić information content (AvgIpc) is 3.21. The molecule has 1 aliphatic rings. The molecule has 2 heterocycles. The molecule has 3 N–H and O–H groups in total. The molecule has 1 fully saturated rings. The predicted octanol–water partition coefficient (Wildman–Crippen LogP) is 2.58. The summed E-state index contributed by atoms with van der Waals surface area (Å²) in [7, 11) is 0. The van der Waals surface area contributed by atoms with Crippen molar-refractivity contribution in [3.05, 3.63) is 17.5 Å². The van der Waals surface area contributed by atoms with Crippen LogP contribution >= 0.6 is 24.0 Å². The van der Waals surface area contributed by atoms with Crippen LogP contribution in [-0.4, -0.2) is 53.1 Å². The van der Waals surface area contributed by atoms with Crippen LogP contribution in [0.1, 0.15) is 64.8 Å². The SMILES string of the molecule is CCNC(=NCc1cc(C(C)C)no1)NCCCN1C(=O)NC(C)(CC)C1=O.I. The van der Waals surface area contributed by atoms with Gasteiger partial charge in [0.1, 0.15) is 12.1 Å². The highest BCUT2D eigenvalue weighted by molar-refractivity contribution is 14.0. The quantitative estimate of drug-likeness (QED) is 0.152. The third-order valence-corrected chi connectivity index (χ3v) is 4.81.